The van der Waals surface area contributed by atoms with Gasteiger partial charge in [0.25, 0.3) is 0 Å². The van der Waals surface area contributed by atoms with Gasteiger partial charge in [0.2, 0.25) is 70.9 Å². The average molecular weight is 959 g/mol. The van der Waals surface area contributed by atoms with Crippen molar-refractivity contribution >= 4 is 76.7 Å². The molecule has 68 heavy (non-hydrogen) atoms. The molecule has 0 aliphatic carbocycles. The number of nitrogens with zero attached hydrogens (tertiary/aromatic N) is 1. The van der Waals surface area contributed by atoms with Gasteiger partial charge in [-0.1, -0.05) is 32.4 Å². The SMILES string of the molecule is CC[C@H](C)[C@@H]1NC(=O)[C@H](Cc2ccc(O)cc2)NC(=O)CNC(=O)CC[C@@H](C(=O)N(C)CC(=O)N[C@@H](CCC(N)=O)C(=O)NCC(C)=O)NC(=O)[C@H](CC(N)=O)NC(=O)[C@H](CCC(N)=O)NC1=O. The molecule has 1 aromatic carbocycles. The van der Waals surface area contributed by atoms with E-state index in [-0.39, 0.29) is 25.0 Å². The third-order valence-corrected chi connectivity index (χ3v) is 10.5. The second kappa shape index (κ2) is 27.7. The molecular formula is C42H62N12O14. The third kappa shape index (κ3) is 20.2. The molecule has 0 radical (unpaired) electrons. The maximum atomic E-state index is 14.0. The number of nitrogens with one attached hydrogen (secondary N) is 8. The lowest BCUT2D eigenvalue weighted by Gasteiger charge is -2.29. The standard InChI is InChI=1S/C42H62N12O14/c1-5-21(2)36-41(67)50-26(11-14-31(44)58)38(64)52-29(17-32(45)59)39(65)51-27(42(68)54(4)20-35(62)48-25(10-13-30(43)57)37(63)47-18-22(3)55)12-15-33(60)46-19-34(61)49-28(40(66)53-36)16-23-6-8-24(56)9-7-23/h6-9,21,25-29,36,56H,5,10-20H2,1-4H3,(H2,43,57)(H2,44,58)(H2,45,59)(H,46,60)(H,47,63)(H,48,62)(H,49,61)(H,50,67)(H,51,65)(H,52,64)(H,53,66)/t21-,25-,26-,27-,28-,29-,36-/m0/s1. The van der Waals surface area contributed by atoms with E-state index in [0.717, 1.165) is 11.9 Å². The number of phenols is 1. The number of hydrogen-bond acceptors (Lipinski definition) is 14. The van der Waals surface area contributed by atoms with Gasteiger partial charge in [0.15, 0.2) is 0 Å². The molecule has 26 heteroatoms. The Kier molecular flexibility index (Phi) is 23.0. The molecular weight excluding hydrogens is 897 g/mol. The summed E-state index contributed by atoms with van der Waals surface area (Å²) >= 11 is 0. The molecule has 0 saturated carbocycles. The third-order valence-electron chi connectivity index (χ3n) is 10.5. The van der Waals surface area contributed by atoms with Gasteiger partial charge in [-0.15, -0.1) is 0 Å². The van der Waals surface area contributed by atoms with Crippen LogP contribution in [-0.2, 0) is 68.7 Å². The highest BCUT2D eigenvalue weighted by Gasteiger charge is 2.36. The molecule has 26 nitrogen and oxygen atoms in total. The van der Waals surface area contributed by atoms with Crippen LogP contribution in [0.3, 0.4) is 0 Å². The number of carbonyl (C=O) groups excluding carboxylic acids is 13. The molecule has 0 unspecified atom stereocenters. The van der Waals surface area contributed by atoms with Gasteiger partial charge in [-0.25, -0.2) is 0 Å². The first kappa shape index (κ1) is 56.5. The van der Waals surface area contributed by atoms with Gasteiger partial charge in [-0.05, 0) is 49.8 Å². The second-order valence-corrected chi connectivity index (χ2v) is 16.3. The summed E-state index contributed by atoms with van der Waals surface area (Å²) in [5.41, 5.74) is 16.5. The first-order valence-electron chi connectivity index (χ1n) is 21.6. The van der Waals surface area contributed by atoms with E-state index in [2.05, 4.69) is 42.5 Å². The van der Waals surface area contributed by atoms with Crippen LogP contribution < -0.4 is 59.7 Å². The molecule has 0 aromatic heterocycles. The highest BCUT2D eigenvalue weighted by molar-refractivity contribution is 5.99. The average Bonchev–Trinajstić information content (AvgIpc) is 3.26. The van der Waals surface area contributed by atoms with Gasteiger partial charge in [0.05, 0.1) is 26.1 Å². The number of ketones is 1. The van der Waals surface area contributed by atoms with Crippen LogP contribution in [0.1, 0.15) is 77.7 Å². The summed E-state index contributed by atoms with van der Waals surface area (Å²) in [6.45, 7) is 2.63. The van der Waals surface area contributed by atoms with E-state index in [4.69, 9.17) is 17.2 Å². The highest BCUT2D eigenvalue weighted by atomic mass is 16.3. The Balaban J connectivity index is 2.59. The number of amides is 12. The lowest BCUT2D eigenvalue weighted by Crippen LogP contribution is -2.61. The van der Waals surface area contributed by atoms with Crippen LogP contribution in [0.2, 0.25) is 0 Å². The number of carbonyl (C=O) groups is 13. The van der Waals surface area contributed by atoms with Crippen LogP contribution in [0, 0.1) is 5.92 Å². The molecule has 1 saturated heterocycles. The number of primary amides is 3. The normalized spacial score (nSPS) is 20.8. The zero-order chi connectivity index (χ0) is 51.2. The molecule has 0 bridgehead atoms. The largest absolute Gasteiger partial charge is 0.508 e. The summed E-state index contributed by atoms with van der Waals surface area (Å²) in [7, 11) is 1.12. The van der Waals surface area contributed by atoms with E-state index in [1.165, 1.54) is 31.2 Å². The quantitative estimate of drug-likeness (QED) is 0.0616. The Bertz CT molecular complexity index is 2070. The number of Topliss-reactive ketones (excluding diaryl/α,β-unsaturated/α-hetero) is 1. The Hall–Kier alpha value is -7.67. The zero-order valence-electron chi connectivity index (χ0n) is 38.3. The summed E-state index contributed by atoms with van der Waals surface area (Å²) in [6, 6.07) is -3.66. The Morgan fingerprint density at radius 3 is 1.97 bits per heavy atom. The van der Waals surface area contributed by atoms with Gasteiger partial charge < -0.3 is 69.7 Å². The topological polar surface area (TPSA) is 420 Å². The summed E-state index contributed by atoms with van der Waals surface area (Å²) in [6.07, 6.45) is -3.39. The van der Waals surface area contributed by atoms with E-state index in [1.54, 1.807) is 13.8 Å². The van der Waals surface area contributed by atoms with Crippen molar-refractivity contribution in [1.29, 1.82) is 0 Å². The summed E-state index contributed by atoms with van der Waals surface area (Å²) in [5.74, 6) is -12.6. The van der Waals surface area contributed by atoms with Crippen LogP contribution in [0.4, 0.5) is 0 Å². The monoisotopic (exact) mass is 958 g/mol. The van der Waals surface area contributed by atoms with Crippen LogP contribution in [-0.4, -0.2) is 150 Å². The summed E-state index contributed by atoms with van der Waals surface area (Å²) < 4.78 is 0. The van der Waals surface area contributed by atoms with Gasteiger partial charge in [0, 0.05) is 32.7 Å². The van der Waals surface area contributed by atoms with Crippen molar-refractivity contribution in [1.82, 2.24) is 47.4 Å². The number of benzene rings is 1. The number of rotatable bonds is 19. The molecule has 0 spiro atoms. The van der Waals surface area contributed by atoms with Crippen molar-refractivity contribution in [2.75, 3.05) is 26.7 Å². The molecule has 1 heterocycles. The predicted molar refractivity (Wildman–Crippen MR) is 237 cm³/mol. The minimum absolute atomic E-state index is 0.0814. The molecule has 1 fully saturated rings. The van der Waals surface area contributed by atoms with E-state index in [0.29, 0.717) is 12.0 Å². The number of phenolic OH excluding ortho intramolecular Hbond substituents is 1. The zero-order valence-corrected chi connectivity index (χ0v) is 38.3. The van der Waals surface area contributed by atoms with Crippen molar-refractivity contribution in [3.8, 4) is 5.75 Å². The summed E-state index contributed by atoms with van der Waals surface area (Å²) in [4.78, 5) is 170. The van der Waals surface area contributed by atoms with Crippen molar-refractivity contribution in [3.63, 3.8) is 0 Å². The van der Waals surface area contributed by atoms with E-state index >= 15 is 0 Å². The van der Waals surface area contributed by atoms with Gasteiger partial charge in [0.1, 0.15) is 47.8 Å². The van der Waals surface area contributed by atoms with Gasteiger partial charge in [-0.2, -0.15) is 0 Å². The number of aromatic hydroxyl groups is 1. The second-order valence-electron chi connectivity index (χ2n) is 16.3. The van der Waals surface area contributed by atoms with Crippen molar-refractivity contribution in [2.24, 2.45) is 23.1 Å². The van der Waals surface area contributed by atoms with Crippen molar-refractivity contribution in [2.45, 2.75) is 115 Å². The first-order chi connectivity index (χ1) is 31.9. The molecule has 1 aromatic rings. The first-order valence-corrected chi connectivity index (χ1v) is 21.6. The fourth-order valence-electron chi connectivity index (χ4n) is 6.54. The molecule has 1 aliphatic heterocycles. The Morgan fingerprint density at radius 1 is 0.779 bits per heavy atom. The van der Waals surface area contributed by atoms with Crippen LogP contribution >= 0.6 is 0 Å². The maximum Gasteiger partial charge on any atom is 0.245 e. The van der Waals surface area contributed by atoms with Gasteiger partial charge >= 0.3 is 0 Å². The van der Waals surface area contributed by atoms with Crippen LogP contribution in [0.15, 0.2) is 24.3 Å². The maximum absolute atomic E-state index is 14.0. The van der Waals surface area contributed by atoms with Crippen molar-refractivity contribution in [3.05, 3.63) is 29.8 Å². The molecule has 12 amide bonds. The minimum atomic E-state index is -1.86. The van der Waals surface area contributed by atoms with E-state index in [1.807, 2.05) is 0 Å². The Morgan fingerprint density at radius 2 is 1.38 bits per heavy atom. The van der Waals surface area contributed by atoms with Crippen LogP contribution in [0.25, 0.3) is 0 Å². The molecule has 1 aliphatic rings. The number of nitrogens with two attached hydrogens (primary N) is 3. The summed E-state index contributed by atoms with van der Waals surface area (Å²) in [5, 5.41) is 29.0. The number of hydrogen-bond donors (Lipinski definition) is 12. The fourth-order valence-corrected chi connectivity index (χ4v) is 6.54. The van der Waals surface area contributed by atoms with Gasteiger partial charge in [-0.3, -0.25) is 62.3 Å². The molecule has 15 N–H and O–H groups in total. The smallest absolute Gasteiger partial charge is 0.245 e. The molecule has 374 valence electrons. The minimum Gasteiger partial charge on any atom is -0.508 e. The van der Waals surface area contributed by atoms with Crippen LogP contribution in [0.5, 0.6) is 5.75 Å². The lowest BCUT2D eigenvalue weighted by molar-refractivity contribution is -0.140. The predicted octanol–water partition coefficient (Wildman–Crippen LogP) is -5.63. The lowest BCUT2D eigenvalue weighted by atomic mass is 9.96. The van der Waals surface area contributed by atoms with E-state index in [9.17, 15) is 67.4 Å². The number of likely N-dealkylation sites (N-methyl/N-ethyl adjacent to an activating group) is 1. The van der Waals surface area contributed by atoms with Crippen molar-refractivity contribution < 1.29 is 67.4 Å². The Labute approximate surface area is 391 Å². The molecule has 7 atom stereocenters. The fraction of sp³-hybridized carbons (Fsp3) is 0.548. The highest BCUT2D eigenvalue weighted by Crippen LogP contribution is 2.14. The molecule has 2 rings (SSSR count). The van der Waals surface area contributed by atoms with E-state index < -0.39 is 171 Å².